The van der Waals surface area contributed by atoms with E-state index in [9.17, 15) is 4.39 Å². The van der Waals surface area contributed by atoms with Crippen LogP contribution in [-0.4, -0.2) is 6.54 Å². The zero-order valence-corrected chi connectivity index (χ0v) is 11.5. The smallest absolute Gasteiger partial charge is 0.137 e. The van der Waals surface area contributed by atoms with E-state index in [1.54, 1.807) is 6.07 Å². The van der Waals surface area contributed by atoms with E-state index in [0.717, 1.165) is 31.4 Å². The molecule has 1 atom stereocenters. The van der Waals surface area contributed by atoms with Gasteiger partial charge in [-0.2, -0.15) is 0 Å². The molecule has 0 amide bonds. The van der Waals surface area contributed by atoms with Gasteiger partial charge in [0.25, 0.3) is 0 Å². The topological polar surface area (TPSA) is 12.0 Å². The molecule has 3 heteroatoms. The SMILES string of the molecule is CCCNC(CCC)c1cccc(F)c1Br. The molecule has 0 spiro atoms. The third-order valence-corrected chi connectivity index (χ3v) is 3.41. The number of hydrogen-bond acceptors (Lipinski definition) is 1. The van der Waals surface area contributed by atoms with Crippen molar-refractivity contribution in [2.75, 3.05) is 6.54 Å². The summed E-state index contributed by atoms with van der Waals surface area (Å²) in [5, 5.41) is 3.46. The molecule has 0 radical (unpaired) electrons. The Bertz CT molecular complexity index is 328. The predicted molar refractivity (Wildman–Crippen MR) is 70.0 cm³/mol. The van der Waals surface area contributed by atoms with Crippen molar-refractivity contribution in [1.29, 1.82) is 0 Å². The number of hydrogen-bond donors (Lipinski definition) is 1. The first-order valence-electron chi connectivity index (χ1n) is 5.88. The minimum atomic E-state index is -0.183. The molecule has 90 valence electrons. The van der Waals surface area contributed by atoms with Crippen molar-refractivity contribution in [2.45, 2.75) is 39.2 Å². The lowest BCUT2D eigenvalue weighted by atomic mass is 10.0. The Kier molecular flexibility index (Phi) is 5.99. The van der Waals surface area contributed by atoms with E-state index >= 15 is 0 Å². The van der Waals surface area contributed by atoms with E-state index in [1.165, 1.54) is 6.07 Å². The Morgan fingerprint density at radius 3 is 2.69 bits per heavy atom. The van der Waals surface area contributed by atoms with Crippen molar-refractivity contribution in [3.8, 4) is 0 Å². The summed E-state index contributed by atoms with van der Waals surface area (Å²) in [6, 6.07) is 5.48. The fourth-order valence-corrected chi connectivity index (χ4v) is 2.31. The average Bonchev–Trinajstić information content (AvgIpc) is 2.28. The Hall–Kier alpha value is -0.410. The van der Waals surface area contributed by atoms with Gasteiger partial charge in [-0.25, -0.2) is 4.39 Å². The van der Waals surface area contributed by atoms with Crippen LogP contribution in [0.2, 0.25) is 0 Å². The molecule has 0 aromatic heterocycles. The van der Waals surface area contributed by atoms with Gasteiger partial charge in [0, 0.05) is 6.04 Å². The van der Waals surface area contributed by atoms with Gasteiger partial charge in [-0.3, -0.25) is 0 Å². The number of rotatable bonds is 6. The summed E-state index contributed by atoms with van der Waals surface area (Å²) < 4.78 is 14.0. The quantitative estimate of drug-likeness (QED) is 0.816. The summed E-state index contributed by atoms with van der Waals surface area (Å²) in [5.74, 6) is -0.183. The van der Waals surface area contributed by atoms with Gasteiger partial charge >= 0.3 is 0 Å². The summed E-state index contributed by atoms with van der Waals surface area (Å²) in [7, 11) is 0. The fraction of sp³-hybridized carbons (Fsp3) is 0.538. The van der Waals surface area contributed by atoms with Crippen LogP contribution < -0.4 is 5.32 Å². The predicted octanol–water partition coefficient (Wildman–Crippen LogP) is 4.43. The zero-order chi connectivity index (χ0) is 12.0. The number of nitrogens with one attached hydrogen (secondary N) is 1. The number of benzene rings is 1. The minimum Gasteiger partial charge on any atom is -0.310 e. The highest BCUT2D eigenvalue weighted by molar-refractivity contribution is 9.10. The summed E-state index contributed by atoms with van der Waals surface area (Å²) in [6.07, 6.45) is 3.21. The van der Waals surface area contributed by atoms with Crippen LogP contribution in [-0.2, 0) is 0 Å². The molecule has 1 N–H and O–H groups in total. The second kappa shape index (κ2) is 7.02. The highest BCUT2D eigenvalue weighted by atomic mass is 79.9. The first-order chi connectivity index (χ1) is 7.70. The second-order valence-electron chi connectivity index (χ2n) is 3.94. The van der Waals surface area contributed by atoms with Gasteiger partial charge in [0.15, 0.2) is 0 Å². The molecular formula is C13H19BrFN. The summed E-state index contributed by atoms with van der Waals surface area (Å²) in [4.78, 5) is 0. The van der Waals surface area contributed by atoms with Crippen LogP contribution in [0.25, 0.3) is 0 Å². The van der Waals surface area contributed by atoms with Crippen LogP contribution in [0.3, 0.4) is 0 Å². The van der Waals surface area contributed by atoms with E-state index in [2.05, 4.69) is 35.1 Å². The Balaban J connectivity index is 2.86. The van der Waals surface area contributed by atoms with E-state index in [4.69, 9.17) is 0 Å². The summed E-state index contributed by atoms with van der Waals surface area (Å²) in [6.45, 7) is 5.25. The van der Waals surface area contributed by atoms with Crippen molar-refractivity contribution in [3.63, 3.8) is 0 Å². The molecule has 0 fully saturated rings. The molecular weight excluding hydrogens is 269 g/mol. The highest BCUT2D eigenvalue weighted by Gasteiger charge is 2.14. The molecule has 0 bridgehead atoms. The van der Waals surface area contributed by atoms with Crippen molar-refractivity contribution in [2.24, 2.45) is 0 Å². The van der Waals surface area contributed by atoms with Crippen LogP contribution in [0.1, 0.15) is 44.7 Å². The molecule has 0 aliphatic carbocycles. The van der Waals surface area contributed by atoms with Gasteiger partial charge in [-0.15, -0.1) is 0 Å². The van der Waals surface area contributed by atoms with Crippen LogP contribution in [0.4, 0.5) is 4.39 Å². The molecule has 1 unspecified atom stereocenters. The molecule has 0 aliphatic heterocycles. The molecule has 0 heterocycles. The van der Waals surface area contributed by atoms with E-state index in [-0.39, 0.29) is 11.9 Å². The van der Waals surface area contributed by atoms with Crippen molar-refractivity contribution >= 4 is 15.9 Å². The summed E-state index contributed by atoms with van der Waals surface area (Å²) in [5.41, 5.74) is 1.02. The van der Waals surface area contributed by atoms with Crippen LogP contribution >= 0.6 is 15.9 Å². The summed E-state index contributed by atoms with van der Waals surface area (Å²) >= 11 is 3.33. The standard InChI is InChI=1S/C13H19BrFN/c1-3-6-12(16-9-4-2)10-7-5-8-11(15)13(10)14/h5,7-8,12,16H,3-4,6,9H2,1-2H3. The van der Waals surface area contributed by atoms with Crippen molar-refractivity contribution in [1.82, 2.24) is 5.32 Å². The van der Waals surface area contributed by atoms with Gasteiger partial charge < -0.3 is 5.32 Å². The van der Waals surface area contributed by atoms with Crippen LogP contribution in [0.15, 0.2) is 22.7 Å². The Labute approximate surface area is 106 Å². The lowest BCUT2D eigenvalue weighted by molar-refractivity contribution is 0.488. The first kappa shape index (κ1) is 13.7. The Morgan fingerprint density at radius 2 is 2.06 bits per heavy atom. The second-order valence-corrected chi connectivity index (χ2v) is 4.73. The third kappa shape index (κ3) is 3.56. The maximum absolute atomic E-state index is 13.4. The molecule has 0 aliphatic rings. The molecule has 1 aromatic carbocycles. The first-order valence-corrected chi connectivity index (χ1v) is 6.67. The normalized spacial score (nSPS) is 12.8. The van der Waals surface area contributed by atoms with Crippen molar-refractivity contribution < 1.29 is 4.39 Å². The molecule has 1 nitrogen and oxygen atoms in total. The van der Waals surface area contributed by atoms with Gasteiger partial charge in [-0.05, 0) is 46.9 Å². The molecule has 1 rings (SSSR count). The zero-order valence-electron chi connectivity index (χ0n) is 9.89. The molecule has 0 saturated carbocycles. The average molecular weight is 288 g/mol. The van der Waals surface area contributed by atoms with Gasteiger partial charge in [-0.1, -0.05) is 32.4 Å². The number of halogens is 2. The molecule has 1 aromatic rings. The maximum Gasteiger partial charge on any atom is 0.137 e. The van der Waals surface area contributed by atoms with E-state index in [1.807, 2.05) is 6.07 Å². The largest absolute Gasteiger partial charge is 0.310 e. The molecule has 16 heavy (non-hydrogen) atoms. The van der Waals surface area contributed by atoms with Gasteiger partial charge in [0.2, 0.25) is 0 Å². The monoisotopic (exact) mass is 287 g/mol. The van der Waals surface area contributed by atoms with Crippen molar-refractivity contribution in [3.05, 3.63) is 34.1 Å². The van der Waals surface area contributed by atoms with Crippen LogP contribution in [0, 0.1) is 5.82 Å². The fourth-order valence-electron chi connectivity index (χ4n) is 1.76. The van der Waals surface area contributed by atoms with E-state index < -0.39 is 0 Å². The van der Waals surface area contributed by atoms with Crippen LogP contribution in [0.5, 0.6) is 0 Å². The lowest BCUT2D eigenvalue weighted by Crippen LogP contribution is -2.22. The third-order valence-electron chi connectivity index (χ3n) is 2.57. The van der Waals surface area contributed by atoms with Gasteiger partial charge in [0.1, 0.15) is 5.82 Å². The maximum atomic E-state index is 13.4. The minimum absolute atomic E-state index is 0.183. The lowest BCUT2D eigenvalue weighted by Gasteiger charge is -2.19. The molecule has 0 saturated heterocycles. The Morgan fingerprint density at radius 1 is 1.31 bits per heavy atom. The van der Waals surface area contributed by atoms with E-state index in [0.29, 0.717) is 4.47 Å². The highest BCUT2D eigenvalue weighted by Crippen LogP contribution is 2.28. The van der Waals surface area contributed by atoms with Gasteiger partial charge in [0.05, 0.1) is 4.47 Å².